The fraction of sp³-hybridized carbons (Fsp3) is 0.625. The van der Waals surface area contributed by atoms with E-state index in [4.69, 9.17) is 0 Å². The summed E-state index contributed by atoms with van der Waals surface area (Å²) in [6.45, 7) is 0.785. The first kappa shape index (κ1) is 10.2. The van der Waals surface area contributed by atoms with Crippen LogP contribution in [0.4, 0.5) is 0 Å². The molecule has 64 valence electrons. The van der Waals surface area contributed by atoms with E-state index in [1.165, 1.54) is 19.4 Å². The fourth-order valence-corrected chi connectivity index (χ4v) is 0.561. The maximum absolute atomic E-state index is 10.9. The van der Waals surface area contributed by atoms with E-state index in [1.54, 1.807) is 0 Å². The average Bonchev–Trinajstić information content (AvgIpc) is 1.97. The van der Waals surface area contributed by atoms with Crippen molar-refractivity contribution in [3.63, 3.8) is 0 Å². The maximum Gasteiger partial charge on any atom is 0.160 e. The second kappa shape index (κ2) is 5.92. The molecular formula is C8H15NO2. The van der Waals surface area contributed by atoms with Gasteiger partial charge in [-0.1, -0.05) is 0 Å². The maximum atomic E-state index is 10.9. The minimum Gasteiger partial charge on any atom is -0.504 e. The summed E-state index contributed by atoms with van der Waals surface area (Å²) in [5.41, 5.74) is 0. The van der Waals surface area contributed by atoms with Crippen LogP contribution < -0.4 is 0 Å². The summed E-state index contributed by atoms with van der Waals surface area (Å²) in [5.74, 6) is 0.0977. The summed E-state index contributed by atoms with van der Waals surface area (Å²) in [6, 6.07) is 0. The summed E-state index contributed by atoms with van der Waals surface area (Å²) in [7, 11) is 5.40. The largest absolute Gasteiger partial charge is 0.504 e. The number of ketones is 1. The average molecular weight is 157 g/mol. The van der Waals surface area contributed by atoms with Gasteiger partial charge >= 0.3 is 0 Å². The van der Waals surface area contributed by atoms with Gasteiger partial charge in [0.2, 0.25) is 0 Å². The van der Waals surface area contributed by atoms with Gasteiger partial charge in [-0.15, -0.1) is 0 Å². The van der Waals surface area contributed by atoms with Gasteiger partial charge in [-0.05, 0) is 14.1 Å². The van der Waals surface area contributed by atoms with Crippen LogP contribution in [-0.2, 0) is 9.53 Å². The van der Waals surface area contributed by atoms with E-state index in [9.17, 15) is 4.79 Å². The lowest BCUT2D eigenvalue weighted by atomic mass is 10.3. The molecule has 0 aliphatic carbocycles. The van der Waals surface area contributed by atoms with Crippen LogP contribution in [0.3, 0.4) is 0 Å². The SMILES string of the molecule is COC=CC(=O)CCN(C)C. The van der Waals surface area contributed by atoms with Crippen molar-refractivity contribution in [1.29, 1.82) is 0 Å². The highest BCUT2D eigenvalue weighted by Crippen LogP contribution is 1.87. The molecule has 0 rings (SSSR count). The fourth-order valence-electron chi connectivity index (χ4n) is 0.561. The lowest BCUT2D eigenvalue weighted by Gasteiger charge is -2.05. The van der Waals surface area contributed by atoms with Crippen LogP contribution >= 0.6 is 0 Å². The Hall–Kier alpha value is -0.830. The number of carbonyl (C=O) groups is 1. The number of hydrogen-bond donors (Lipinski definition) is 0. The third kappa shape index (κ3) is 7.06. The first-order valence-electron chi connectivity index (χ1n) is 3.53. The molecule has 0 unspecified atom stereocenters. The summed E-state index contributed by atoms with van der Waals surface area (Å²) in [6.07, 6.45) is 3.40. The van der Waals surface area contributed by atoms with Gasteiger partial charge in [0.1, 0.15) is 0 Å². The minimum atomic E-state index is 0.0977. The summed E-state index contributed by atoms with van der Waals surface area (Å²) in [5, 5.41) is 0. The van der Waals surface area contributed by atoms with Crippen LogP contribution in [0.15, 0.2) is 12.3 Å². The molecule has 0 N–H and O–H groups in total. The number of nitrogens with zero attached hydrogens (tertiary/aromatic N) is 1. The predicted molar refractivity (Wildman–Crippen MR) is 44.3 cm³/mol. The molecule has 0 amide bonds. The number of rotatable bonds is 5. The van der Waals surface area contributed by atoms with Gasteiger partial charge < -0.3 is 9.64 Å². The first-order chi connectivity index (χ1) is 5.16. The molecule has 0 heterocycles. The van der Waals surface area contributed by atoms with Gasteiger partial charge in [-0.2, -0.15) is 0 Å². The molecule has 0 aromatic rings. The van der Waals surface area contributed by atoms with Crippen LogP contribution in [0, 0.1) is 0 Å². The van der Waals surface area contributed by atoms with Crippen LogP contribution in [0.25, 0.3) is 0 Å². The Morgan fingerprint density at radius 3 is 2.64 bits per heavy atom. The predicted octanol–water partition coefficient (Wildman–Crippen LogP) is 0.667. The standard InChI is InChI=1S/C8H15NO2/c1-9(2)6-4-8(10)5-7-11-3/h5,7H,4,6H2,1-3H3. The third-order valence-corrected chi connectivity index (χ3v) is 1.20. The molecule has 11 heavy (non-hydrogen) atoms. The third-order valence-electron chi connectivity index (χ3n) is 1.20. The molecule has 0 atom stereocenters. The highest BCUT2D eigenvalue weighted by molar-refractivity contribution is 5.89. The Bertz CT molecular complexity index is 141. The van der Waals surface area contributed by atoms with Crippen molar-refractivity contribution in [3.8, 4) is 0 Å². The number of hydrogen-bond acceptors (Lipinski definition) is 3. The number of allylic oxidation sites excluding steroid dienone is 1. The summed E-state index contributed by atoms with van der Waals surface area (Å²) < 4.78 is 4.60. The zero-order chi connectivity index (χ0) is 8.69. The first-order valence-corrected chi connectivity index (χ1v) is 3.53. The van der Waals surface area contributed by atoms with E-state index in [-0.39, 0.29) is 5.78 Å². The molecule has 0 fully saturated rings. The van der Waals surface area contributed by atoms with Gasteiger partial charge in [0, 0.05) is 19.0 Å². The summed E-state index contributed by atoms with van der Waals surface area (Å²) in [4.78, 5) is 12.9. The van der Waals surface area contributed by atoms with Crippen LogP contribution in [0.1, 0.15) is 6.42 Å². The number of methoxy groups -OCH3 is 1. The molecule has 0 saturated heterocycles. The van der Waals surface area contributed by atoms with Crippen molar-refractivity contribution in [2.45, 2.75) is 6.42 Å². The number of ether oxygens (including phenoxy) is 1. The highest BCUT2D eigenvalue weighted by atomic mass is 16.5. The molecule has 3 nitrogen and oxygen atoms in total. The van der Waals surface area contributed by atoms with Crippen molar-refractivity contribution < 1.29 is 9.53 Å². The zero-order valence-electron chi connectivity index (χ0n) is 7.33. The monoisotopic (exact) mass is 157 g/mol. The topological polar surface area (TPSA) is 29.5 Å². The van der Waals surface area contributed by atoms with Crippen molar-refractivity contribution in [2.75, 3.05) is 27.7 Å². The smallest absolute Gasteiger partial charge is 0.160 e. The van der Waals surface area contributed by atoms with E-state index in [0.29, 0.717) is 6.42 Å². The molecule has 0 aliphatic rings. The van der Waals surface area contributed by atoms with E-state index in [0.717, 1.165) is 6.54 Å². The quantitative estimate of drug-likeness (QED) is 0.434. The Morgan fingerprint density at radius 2 is 2.18 bits per heavy atom. The molecule has 0 aliphatic heterocycles. The van der Waals surface area contributed by atoms with Gasteiger partial charge in [0.15, 0.2) is 5.78 Å². The normalized spacial score (nSPS) is 10.9. The molecule has 0 aromatic carbocycles. The minimum absolute atomic E-state index is 0.0977. The van der Waals surface area contributed by atoms with Gasteiger partial charge in [-0.3, -0.25) is 4.79 Å². The molecule has 0 radical (unpaired) electrons. The molecular weight excluding hydrogens is 142 g/mol. The van der Waals surface area contributed by atoms with Crippen molar-refractivity contribution in [1.82, 2.24) is 4.90 Å². The van der Waals surface area contributed by atoms with Crippen LogP contribution in [0.2, 0.25) is 0 Å². The molecule has 0 spiro atoms. The zero-order valence-corrected chi connectivity index (χ0v) is 7.33. The van der Waals surface area contributed by atoms with Crippen LogP contribution in [-0.4, -0.2) is 38.4 Å². The van der Waals surface area contributed by atoms with E-state index in [1.807, 2.05) is 19.0 Å². The molecule has 0 saturated carbocycles. The van der Waals surface area contributed by atoms with Gasteiger partial charge in [0.05, 0.1) is 13.4 Å². The van der Waals surface area contributed by atoms with Crippen molar-refractivity contribution >= 4 is 5.78 Å². The second-order valence-corrected chi connectivity index (χ2v) is 2.56. The lowest BCUT2D eigenvalue weighted by molar-refractivity contribution is -0.114. The van der Waals surface area contributed by atoms with Crippen LogP contribution in [0.5, 0.6) is 0 Å². The Labute approximate surface area is 67.6 Å². The Kier molecular flexibility index (Phi) is 5.47. The highest BCUT2D eigenvalue weighted by Gasteiger charge is 1.96. The van der Waals surface area contributed by atoms with E-state index < -0.39 is 0 Å². The Balaban J connectivity index is 3.45. The Morgan fingerprint density at radius 1 is 1.55 bits per heavy atom. The van der Waals surface area contributed by atoms with Gasteiger partial charge in [-0.25, -0.2) is 0 Å². The van der Waals surface area contributed by atoms with Gasteiger partial charge in [0.25, 0.3) is 0 Å². The van der Waals surface area contributed by atoms with E-state index in [2.05, 4.69) is 4.74 Å². The summed E-state index contributed by atoms with van der Waals surface area (Å²) >= 11 is 0. The molecule has 0 bridgehead atoms. The van der Waals surface area contributed by atoms with E-state index >= 15 is 0 Å². The number of carbonyl (C=O) groups excluding carboxylic acids is 1. The second-order valence-electron chi connectivity index (χ2n) is 2.56. The van der Waals surface area contributed by atoms with Crippen molar-refractivity contribution in [2.24, 2.45) is 0 Å². The molecule has 3 heteroatoms. The molecule has 0 aromatic heterocycles. The lowest BCUT2D eigenvalue weighted by Crippen LogP contribution is -2.15. The van der Waals surface area contributed by atoms with Crippen molar-refractivity contribution in [3.05, 3.63) is 12.3 Å².